The Morgan fingerprint density at radius 2 is 1.92 bits per heavy atom. The first-order chi connectivity index (χ1) is 11.6. The van der Waals surface area contributed by atoms with Gasteiger partial charge in [-0.1, -0.05) is 18.9 Å². The number of hydrogen-bond acceptors (Lipinski definition) is 4. The maximum atomic E-state index is 12.4. The summed E-state index contributed by atoms with van der Waals surface area (Å²) in [4.78, 5) is 23.7. The molecule has 0 heterocycles. The van der Waals surface area contributed by atoms with Gasteiger partial charge in [0.1, 0.15) is 0 Å². The topological polar surface area (TPSA) is 84.9 Å². The van der Waals surface area contributed by atoms with Gasteiger partial charge in [-0.3, -0.25) is 9.59 Å². The highest BCUT2D eigenvalue weighted by molar-refractivity contribution is 5.84. The smallest absolute Gasteiger partial charge is 0.307 e. The number of carboxylic acid groups (broad SMARTS) is 1. The molecule has 1 aromatic carbocycles. The summed E-state index contributed by atoms with van der Waals surface area (Å²) in [5, 5.41) is 12.1. The molecule has 0 radical (unpaired) electrons. The van der Waals surface area contributed by atoms with Crippen LogP contribution in [0, 0.1) is 11.8 Å². The normalized spacial score (nSPS) is 20.2. The number of amides is 1. The molecule has 1 saturated carbocycles. The second kappa shape index (κ2) is 8.57. The molecule has 1 aliphatic carbocycles. The van der Waals surface area contributed by atoms with Crippen LogP contribution >= 0.6 is 0 Å². The van der Waals surface area contributed by atoms with E-state index in [1.54, 1.807) is 7.11 Å². The maximum absolute atomic E-state index is 12.4. The van der Waals surface area contributed by atoms with E-state index in [1.165, 1.54) is 0 Å². The predicted molar refractivity (Wildman–Crippen MR) is 89.1 cm³/mol. The molecule has 132 valence electrons. The van der Waals surface area contributed by atoms with Crippen LogP contribution in [0.15, 0.2) is 18.2 Å². The molecule has 0 saturated heterocycles. The summed E-state index contributed by atoms with van der Waals surface area (Å²) in [6.45, 7) is 2.78. The Labute approximate surface area is 142 Å². The lowest BCUT2D eigenvalue weighted by atomic mass is 9.78. The summed E-state index contributed by atoms with van der Waals surface area (Å²) in [5.41, 5.74) is 0.881. The van der Waals surface area contributed by atoms with Crippen molar-refractivity contribution < 1.29 is 24.2 Å². The molecule has 1 aliphatic rings. The van der Waals surface area contributed by atoms with Crippen LogP contribution < -0.4 is 14.8 Å². The van der Waals surface area contributed by atoms with E-state index in [2.05, 4.69) is 5.32 Å². The van der Waals surface area contributed by atoms with Gasteiger partial charge < -0.3 is 19.9 Å². The SMILES string of the molecule is CCOc1ccc(CNC(=O)[C@@H]2CCCC[C@@H]2C(=O)O)cc1OC. The van der Waals surface area contributed by atoms with Gasteiger partial charge in [-0.05, 0) is 37.5 Å². The van der Waals surface area contributed by atoms with Crippen LogP contribution in [-0.2, 0) is 16.1 Å². The number of ether oxygens (including phenoxy) is 2. The molecule has 6 nitrogen and oxygen atoms in total. The molecule has 2 N–H and O–H groups in total. The molecule has 1 aromatic rings. The van der Waals surface area contributed by atoms with Gasteiger partial charge in [0.2, 0.25) is 5.91 Å². The summed E-state index contributed by atoms with van der Waals surface area (Å²) < 4.78 is 10.8. The van der Waals surface area contributed by atoms with Crippen molar-refractivity contribution in [3.05, 3.63) is 23.8 Å². The van der Waals surface area contributed by atoms with Crippen molar-refractivity contribution in [2.24, 2.45) is 11.8 Å². The van der Waals surface area contributed by atoms with Crippen molar-refractivity contribution in [2.75, 3.05) is 13.7 Å². The molecule has 2 rings (SSSR count). The summed E-state index contributed by atoms with van der Waals surface area (Å²) >= 11 is 0. The van der Waals surface area contributed by atoms with E-state index in [0.29, 0.717) is 37.5 Å². The third kappa shape index (κ3) is 4.40. The molecular formula is C18H25NO5. The van der Waals surface area contributed by atoms with Gasteiger partial charge in [0.05, 0.1) is 25.6 Å². The maximum Gasteiger partial charge on any atom is 0.307 e. The Balaban J connectivity index is 1.99. The van der Waals surface area contributed by atoms with E-state index < -0.39 is 17.8 Å². The molecule has 6 heteroatoms. The van der Waals surface area contributed by atoms with Crippen molar-refractivity contribution in [3.8, 4) is 11.5 Å². The second-order valence-electron chi connectivity index (χ2n) is 5.97. The van der Waals surface area contributed by atoms with Gasteiger partial charge >= 0.3 is 5.97 Å². The van der Waals surface area contributed by atoms with Crippen molar-refractivity contribution in [1.82, 2.24) is 5.32 Å². The van der Waals surface area contributed by atoms with Crippen molar-refractivity contribution in [3.63, 3.8) is 0 Å². The fraction of sp³-hybridized carbons (Fsp3) is 0.556. The van der Waals surface area contributed by atoms with E-state index in [4.69, 9.17) is 9.47 Å². The summed E-state index contributed by atoms with van der Waals surface area (Å²) in [7, 11) is 1.57. The predicted octanol–water partition coefficient (Wildman–Crippen LogP) is 2.60. The van der Waals surface area contributed by atoms with Crippen LogP contribution in [0.4, 0.5) is 0 Å². The Hall–Kier alpha value is -2.24. The van der Waals surface area contributed by atoms with E-state index in [1.807, 2.05) is 25.1 Å². The van der Waals surface area contributed by atoms with Gasteiger partial charge in [-0.15, -0.1) is 0 Å². The molecule has 24 heavy (non-hydrogen) atoms. The number of rotatable bonds is 7. The highest BCUT2D eigenvalue weighted by atomic mass is 16.5. The zero-order chi connectivity index (χ0) is 17.5. The van der Waals surface area contributed by atoms with Gasteiger partial charge in [0, 0.05) is 6.54 Å². The molecule has 0 bridgehead atoms. The zero-order valence-electron chi connectivity index (χ0n) is 14.2. The summed E-state index contributed by atoms with van der Waals surface area (Å²) in [6, 6.07) is 5.49. The Kier molecular flexibility index (Phi) is 6.46. The number of methoxy groups -OCH3 is 1. The van der Waals surface area contributed by atoms with Crippen molar-refractivity contribution in [2.45, 2.75) is 39.2 Å². The van der Waals surface area contributed by atoms with Gasteiger partial charge in [-0.2, -0.15) is 0 Å². The highest BCUT2D eigenvalue weighted by Gasteiger charge is 2.35. The summed E-state index contributed by atoms with van der Waals surface area (Å²) in [6.07, 6.45) is 2.98. The number of aliphatic carboxylic acids is 1. The first-order valence-electron chi connectivity index (χ1n) is 8.37. The minimum Gasteiger partial charge on any atom is -0.493 e. The molecule has 1 amide bonds. The Bertz CT molecular complexity index is 587. The minimum atomic E-state index is -0.877. The van der Waals surface area contributed by atoms with Crippen LogP contribution in [0.1, 0.15) is 38.2 Å². The van der Waals surface area contributed by atoms with E-state index >= 15 is 0 Å². The highest BCUT2D eigenvalue weighted by Crippen LogP contribution is 2.31. The largest absolute Gasteiger partial charge is 0.493 e. The van der Waals surface area contributed by atoms with E-state index in [9.17, 15) is 14.7 Å². The molecule has 0 aliphatic heterocycles. The third-order valence-corrected chi connectivity index (χ3v) is 4.41. The quantitative estimate of drug-likeness (QED) is 0.800. The molecule has 2 atom stereocenters. The van der Waals surface area contributed by atoms with Gasteiger partial charge in [0.25, 0.3) is 0 Å². The lowest BCUT2D eigenvalue weighted by molar-refractivity contribution is -0.148. The number of benzene rings is 1. The first-order valence-corrected chi connectivity index (χ1v) is 8.37. The monoisotopic (exact) mass is 335 g/mol. The van der Waals surface area contributed by atoms with E-state index in [0.717, 1.165) is 18.4 Å². The number of carboxylic acids is 1. The number of carbonyl (C=O) groups is 2. The van der Waals surface area contributed by atoms with Crippen molar-refractivity contribution in [1.29, 1.82) is 0 Å². The zero-order valence-corrected chi connectivity index (χ0v) is 14.2. The summed E-state index contributed by atoms with van der Waals surface area (Å²) in [5.74, 6) is -0.806. The van der Waals surface area contributed by atoms with Crippen LogP contribution in [-0.4, -0.2) is 30.7 Å². The van der Waals surface area contributed by atoms with Crippen molar-refractivity contribution >= 4 is 11.9 Å². The Morgan fingerprint density at radius 1 is 1.21 bits per heavy atom. The molecule has 0 aromatic heterocycles. The van der Waals surface area contributed by atoms with Gasteiger partial charge in [-0.25, -0.2) is 0 Å². The van der Waals surface area contributed by atoms with Crippen LogP contribution in [0.3, 0.4) is 0 Å². The average Bonchev–Trinajstić information content (AvgIpc) is 2.60. The molecule has 0 unspecified atom stereocenters. The minimum absolute atomic E-state index is 0.185. The number of hydrogen-bond donors (Lipinski definition) is 2. The fourth-order valence-corrected chi connectivity index (χ4v) is 3.16. The molecular weight excluding hydrogens is 310 g/mol. The second-order valence-corrected chi connectivity index (χ2v) is 5.97. The lowest BCUT2D eigenvalue weighted by Crippen LogP contribution is -2.39. The molecule has 0 spiro atoms. The Morgan fingerprint density at radius 3 is 2.54 bits per heavy atom. The fourth-order valence-electron chi connectivity index (χ4n) is 3.16. The van der Waals surface area contributed by atoms with Crippen LogP contribution in [0.25, 0.3) is 0 Å². The third-order valence-electron chi connectivity index (χ3n) is 4.41. The van der Waals surface area contributed by atoms with E-state index in [-0.39, 0.29) is 5.91 Å². The molecule has 1 fully saturated rings. The first kappa shape index (κ1) is 18.1. The van der Waals surface area contributed by atoms with Crippen LogP contribution in [0.2, 0.25) is 0 Å². The van der Waals surface area contributed by atoms with Gasteiger partial charge in [0.15, 0.2) is 11.5 Å². The lowest BCUT2D eigenvalue weighted by Gasteiger charge is -2.27. The standard InChI is InChI=1S/C18H25NO5/c1-3-24-15-9-8-12(10-16(15)23-2)11-19-17(20)13-6-4-5-7-14(13)18(21)22/h8-10,13-14H,3-7,11H2,1-2H3,(H,19,20)(H,21,22)/t13-,14+/m1/s1. The number of nitrogens with one attached hydrogen (secondary N) is 1. The average molecular weight is 335 g/mol. The number of carbonyl (C=O) groups excluding carboxylic acids is 1. The van der Waals surface area contributed by atoms with Crippen LogP contribution in [0.5, 0.6) is 11.5 Å².